The fraction of sp³-hybridized carbons (Fsp3) is 0.667. The molecule has 0 aromatic heterocycles. The van der Waals surface area contributed by atoms with E-state index in [9.17, 15) is 0 Å². The Bertz CT molecular complexity index is 419. The lowest BCUT2D eigenvalue weighted by atomic mass is 9.88. The maximum absolute atomic E-state index is 2.57. The third kappa shape index (κ3) is 3.83. The fourth-order valence-electron chi connectivity index (χ4n) is 3.77. The van der Waals surface area contributed by atoms with Crippen molar-refractivity contribution in [3.63, 3.8) is 0 Å². The van der Waals surface area contributed by atoms with Gasteiger partial charge in [-0.2, -0.15) is 0 Å². The zero-order valence-electron chi connectivity index (χ0n) is 13.8. The fourth-order valence-corrected chi connectivity index (χ4v) is 3.77. The first kappa shape index (κ1) is 15.5. The van der Waals surface area contributed by atoms with Gasteiger partial charge in [0.2, 0.25) is 0 Å². The Balaban J connectivity index is 2.07. The molecule has 0 amide bonds. The van der Waals surface area contributed by atoms with E-state index in [0.29, 0.717) is 12.1 Å². The van der Waals surface area contributed by atoms with Gasteiger partial charge in [-0.05, 0) is 53.4 Å². The van der Waals surface area contributed by atoms with E-state index in [1.807, 2.05) is 0 Å². The predicted octanol–water partition coefficient (Wildman–Crippen LogP) is 3.61. The molecule has 1 saturated carbocycles. The molecular formula is C18H30N2. The van der Waals surface area contributed by atoms with Crippen molar-refractivity contribution in [1.82, 2.24) is 9.80 Å². The average Bonchev–Trinajstić information content (AvgIpc) is 2.37. The molecule has 1 aromatic carbocycles. The first-order valence-electron chi connectivity index (χ1n) is 7.91. The molecule has 0 aliphatic heterocycles. The Kier molecular flexibility index (Phi) is 5.22. The van der Waals surface area contributed by atoms with Gasteiger partial charge in [0.15, 0.2) is 0 Å². The Morgan fingerprint density at radius 1 is 0.900 bits per heavy atom. The summed E-state index contributed by atoms with van der Waals surface area (Å²) in [5.41, 5.74) is 4.20. The molecule has 0 N–H and O–H groups in total. The maximum atomic E-state index is 2.57. The van der Waals surface area contributed by atoms with Crippen molar-refractivity contribution in [3.05, 3.63) is 34.9 Å². The summed E-state index contributed by atoms with van der Waals surface area (Å²) in [5.74, 6) is 0. The highest BCUT2D eigenvalue weighted by molar-refractivity contribution is 5.28. The van der Waals surface area contributed by atoms with Gasteiger partial charge in [0.25, 0.3) is 0 Å². The molecule has 0 radical (unpaired) electrons. The lowest BCUT2D eigenvalue weighted by molar-refractivity contribution is 0.0877. The van der Waals surface area contributed by atoms with Crippen LogP contribution in [0, 0.1) is 13.8 Å². The van der Waals surface area contributed by atoms with E-state index in [1.54, 1.807) is 0 Å². The largest absolute Gasteiger partial charge is 0.305 e. The topological polar surface area (TPSA) is 6.48 Å². The third-order valence-corrected chi connectivity index (χ3v) is 4.64. The van der Waals surface area contributed by atoms with Crippen LogP contribution in [0.3, 0.4) is 0 Å². The molecule has 112 valence electrons. The molecule has 20 heavy (non-hydrogen) atoms. The van der Waals surface area contributed by atoms with Gasteiger partial charge in [-0.1, -0.05) is 42.2 Å². The van der Waals surface area contributed by atoms with Crippen molar-refractivity contribution >= 4 is 0 Å². The summed E-state index contributed by atoms with van der Waals surface area (Å²) in [5, 5.41) is 0. The Hall–Kier alpha value is -0.860. The van der Waals surface area contributed by atoms with Crippen molar-refractivity contribution in [3.8, 4) is 0 Å². The normalized spacial score (nSPS) is 23.6. The van der Waals surface area contributed by atoms with Crippen molar-refractivity contribution in [2.45, 2.75) is 58.2 Å². The van der Waals surface area contributed by atoms with Gasteiger partial charge in [-0.25, -0.2) is 0 Å². The summed E-state index contributed by atoms with van der Waals surface area (Å²) in [6, 6.07) is 8.32. The molecule has 0 spiro atoms. The average molecular weight is 274 g/mol. The Labute approximate surface area is 124 Å². The minimum atomic E-state index is 0.694. The highest BCUT2D eigenvalue weighted by atomic mass is 15.2. The predicted molar refractivity (Wildman–Crippen MR) is 87.1 cm³/mol. The summed E-state index contributed by atoms with van der Waals surface area (Å²) in [7, 11) is 6.76. The summed E-state index contributed by atoms with van der Waals surface area (Å²) in [4.78, 5) is 4.99. The van der Waals surface area contributed by atoms with Gasteiger partial charge < -0.3 is 4.90 Å². The van der Waals surface area contributed by atoms with E-state index in [-0.39, 0.29) is 0 Å². The molecule has 0 unspecified atom stereocenters. The molecule has 2 atom stereocenters. The summed E-state index contributed by atoms with van der Waals surface area (Å²) in [6.07, 6.45) is 5.45. The number of nitrogens with zero attached hydrogens (tertiary/aromatic N) is 2. The third-order valence-electron chi connectivity index (χ3n) is 4.64. The van der Waals surface area contributed by atoms with E-state index in [2.05, 4.69) is 63.0 Å². The van der Waals surface area contributed by atoms with E-state index in [4.69, 9.17) is 0 Å². The zero-order valence-corrected chi connectivity index (χ0v) is 13.8. The molecule has 2 heteroatoms. The molecule has 2 rings (SSSR count). The first-order valence-corrected chi connectivity index (χ1v) is 7.91. The number of benzene rings is 1. The second-order valence-electron chi connectivity index (χ2n) is 6.79. The molecule has 0 heterocycles. The van der Waals surface area contributed by atoms with Crippen LogP contribution in [0.25, 0.3) is 0 Å². The van der Waals surface area contributed by atoms with Crippen LogP contribution >= 0.6 is 0 Å². The second-order valence-corrected chi connectivity index (χ2v) is 6.79. The molecule has 1 fully saturated rings. The molecule has 1 aliphatic rings. The maximum Gasteiger partial charge on any atom is 0.0251 e. The molecular weight excluding hydrogens is 244 g/mol. The van der Waals surface area contributed by atoms with Crippen LogP contribution in [0.1, 0.15) is 42.4 Å². The van der Waals surface area contributed by atoms with Crippen LogP contribution in [0.2, 0.25) is 0 Å². The molecule has 1 aromatic rings. The number of rotatable bonds is 4. The van der Waals surface area contributed by atoms with Crippen molar-refractivity contribution in [2.75, 3.05) is 21.1 Å². The van der Waals surface area contributed by atoms with Crippen LogP contribution in [-0.4, -0.2) is 43.0 Å². The van der Waals surface area contributed by atoms with Crippen molar-refractivity contribution in [2.24, 2.45) is 0 Å². The molecule has 2 nitrogen and oxygen atoms in total. The Morgan fingerprint density at radius 2 is 1.45 bits per heavy atom. The number of aryl methyl sites for hydroxylation is 2. The van der Waals surface area contributed by atoms with Crippen LogP contribution in [0.4, 0.5) is 0 Å². The minimum Gasteiger partial charge on any atom is -0.305 e. The van der Waals surface area contributed by atoms with Crippen LogP contribution < -0.4 is 0 Å². The summed E-state index contributed by atoms with van der Waals surface area (Å²) < 4.78 is 0. The van der Waals surface area contributed by atoms with Gasteiger partial charge in [-0.15, -0.1) is 0 Å². The highest BCUT2D eigenvalue weighted by Crippen LogP contribution is 2.26. The van der Waals surface area contributed by atoms with Crippen LogP contribution in [-0.2, 0) is 6.54 Å². The molecule has 0 saturated heterocycles. The van der Waals surface area contributed by atoms with Gasteiger partial charge >= 0.3 is 0 Å². The zero-order chi connectivity index (χ0) is 14.7. The quantitative estimate of drug-likeness (QED) is 0.827. The number of hydrogen-bond donors (Lipinski definition) is 0. The minimum absolute atomic E-state index is 0.694. The van der Waals surface area contributed by atoms with E-state index < -0.39 is 0 Å². The number of hydrogen-bond acceptors (Lipinski definition) is 2. The number of likely N-dealkylation sites (N-methyl/N-ethyl adjacent to an activating group) is 2. The van der Waals surface area contributed by atoms with Gasteiger partial charge in [-0.3, -0.25) is 4.90 Å². The Morgan fingerprint density at radius 3 is 2.00 bits per heavy atom. The highest BCUT2D eigenvalue weighted by Gasteiger charge is 2.29. The van der Waals surface area contributed by atoms with Gasteiger partial charge in [0.1, 0.15) is 0 Å². The van der Waals surface area contributed by atoms with Gasteiger partial charge in [0, 0.05) is 18.6 Å². The summed E-state index contributed by atoms with van der Waals surface area (Å²) >= 11 is 0. The van der Waals surface area contributed by atoms with Crippen molar-refractivity contribution in [1.29, 1.82) is 0 Å². The SMILES string of the molecule is Cc1cc(C)cc(CN(C)[C@@H]2CCCC[C@H]2N(C)C)c1. The van der Waals surface area contributed by atoms with E-state index >= 15 is 0 Å². The molecule has 0 bridgehead atoms. The first-order chi connectivity index (χ1) is 9.47. The standard InChI is InChI=1S/C18H30N2/c1-14-10-15(2)12-16(11-14)13-20(5)18-9-7-6-8-17(18)19(3)4/h10-12,17-18H,6-9,13H2,1-5H3/t17-,18-/m1/s1. The summed E-state index contributed by atoms with van der Waals surface area (Å²) in [6.45, 7) is 5.46. The van der Waals surface area contributed by atoms with E-state index in [0.717, 1.165) is 6.54 Å². The smallest absolute Gasteiger partial charge is 0.0251 e. The lowest BCUT2D eigenvalue weighted by Crippen LogP contribution is -2.49. The lowest BCUT2D eigenvalue weighted by Gasteiger charge is -2.41. The van der Waals surface area contributed by atoms with E-state index in [1.165, 1.54) is 42.4 Å². The second kappa shape index (κ2) is 6.73. The monoisotopic (exact) mass is 274 g/mol. The van der Waals surface area contributed by atoms with Crippen LogP contribution in [0.15, 0.2) is 18.2 Å². The van der Waals surface area contributed by atoms with Crippen LogP contribution in [0.5, 0.6) is 0 Å². The van der Waals surface area contributed by atoms with Crippen molar-refractivity contribution < 1.29 is 0 Å². The van der Waals surface area contributed by atoms with Gasteiger partial charge in [0.05, 0.1) is 0 Å². The molecule has 1 aliphatic carbocycles.